The molecule has 0 radical (unpaired) electrons. The summed E-state index contributed by atoms with van der Waals surface area (Å²) in [7, 11) is 0. The Kier molecular flexibility index (Phi) is 3.78. The molecular formula is C12H20N2S. The molecule has 1 aliphatic rings. The van der Waals surface area contributed by atoms with Gasteiger partial charge in [-0.25, -0.2) is 0 Å². The highest BCUT2D eigenvalue weighted by molar-refractivity contribution is 7.07. The van der Waals surface area contributed by atoms with Crippen molar-refractivity contribution in [3.8, 4) is 0 Å². The van der Waals surface area contributed by atoms with Crippen LogP contribution in [0.15, 0.2) is 16.8 Å². The molecule has 2 nitrogen and oxygen atoms in total. The Morgan fingerprint density at radius 1 is 1.67 bits per heavy atom. The van der Waals surface area contributed by atoms with Crippen molar-refractivity contribution in [2.75, 3.05) is 19.6 Å². The Morgan fingerprint density at radius 3 is 3.20 bits per heavy atom. The van der Waals surface area contributed by atoms with Gasteiger partial charge in [-0.2, -0.15) is 11.3 Å². The lowest BCUT2D eigenvalue weighted by atomic mass is 10.1. The van der Waals surface area contributed by atoms with Crippen molar-refractivity contribution in [2.24, 2.45) is 0 Å². The first-order chi connectivity index (χ1) is 7.31. The standard InChI is InChI=1S/C12H20N2S/c1-3-13-12-4-6-14(8-12)10(2)11-5-7-15-9-11/h5,7,9-10,12-13H,3-4,6,8H2,1-2H3. The summed E-state index contributed by atoms with van der Waals surface area (Å²) in [5.41, 5.74) is 1.47. The zero-order chi connectivity index (χ0) is 10.7. The lowest BCUT2D eigenvalue weighted by Crippen LogP contribution is -2.33. The van der Waals surface area contributed by atoms with Gasteiger partial charge in [-0.15, -0.1) is 0 Å². The summed E-state index contributed by atoms with van der Waals surface area (Å²) >= 11 is 1.80. The van der Waals surface area contributed by atoms with Crippen LogP contribution in [-0.2, 0) is 0 Å². The SMILES string of the molecule is CCNC1CCN(C(C)c2ccsc2)C1. The fourth-order valence-electron chi connectivity index (χ4n) is 2.32. The average molecular weight is 224 g/mol. The van der Waals surface area contributed by atoms with Gasteiger partial charge in [0.05, 0.1) is 0 Å². The normalized spacial score (nSPS) is 24.5. The minimum absolute atomic E-state index is 0.583. The van der Waals surface area contributed by atoms with Crippen molar-refractivity contribution >= 4 is 11.3 Å². The Morgan fingerprint density at radius 2 is 2.53 bits per heavy atom. The van der Waals surface area contributed by atoms with Crippen LogP contribution >= 0.6 is 11.3 Å². The van der Waals surface area contributed by atoms with Crippen LogP contribution in [0, 0.1) is 0 Å². The molecule has 0 saturated carbocycles. The fraction of sp³-hybridized carbons (Fsp3) is 0.667. The molecule has 1 aromatic heterocycles. The minimum atomic E-state index is 0.583. The Bertz CT molecular complexity index is 284. The first kappa shape index (κ1) is 11.1. The lowest BCUT2D eigenvalue weighted by molar-refractivity contribution is 0.256. The molecule has 1 aromatic rings. The van der Waals surface area contributed by atoms with Crippen molar-refractivity contribution in [3.05, 3.63) is 22.4 Å². The van der Waals surface area contributed by atoms with E-state index in [-0.39, 0.29) is 0 Å². The highest BCUT2D eigenvalue weighted by Crippen LogP contribution is 2.25. The number of likely N-dealkylation sites (tertiary alicyclic amines) is 1. The second-order valence-electron chi connectivity index (χ2n) is 4.27. The maximum Gasteiger partial charge on any atom is 0.0328 e. The molecule has 2 rings (SSSR count). The summed E-state index contributed by atoms with van der Waals surface area (Å²) in [6, 6.07) is 3.53. The Hall–Kier alpha value is -0.380. The largest absolute Gasteiger partial charge is 0.313 e. The van der Waals surface area contributed by atoms with Crippen molar-refractivity contribution in [2.45, 2.75) is 32.4 Å². The van der Waals surface area contributed by atoms with Gasteiger partial charge in [0, 0.05) is 25.2 Å². The average Bonchev–Trinajstić information content (AvgIpc) is 2.87. The summed E-state index contributed by atoms with van der Waals surface area (Å²) in [6.07, 6.45) is 1.29. The monoisotopic (exact) mass is 224 g/mol. The highest BCUT2D eigenvalue weighted by Gasteiger charge is 2.25. The molecular weight excluding hydrogens is 204 g/mol. The van der Waals surface area contributed by atoms with Gasteiger partial charge >= 0.3 is 0 Å². The number of rotatable bonds is 4. The molecule has 1 aliphatic heterocycles. The van der Waals surface area contributed by atoms with Gasteiger partial charge in [-0.3, -0.25) is 4.90 Å². The first-order valence-corrected chi connectivity index (χ1v) is 6.75. The molecule has 0 bridgehead atoms. The van der Waals surface area contributed by atoms with E-state index in [0.717, 1.165) is 6.54 Å². The fourth-order valence-corrected chi connectivity index (χ4v) is 3.06. The topological polar surface area (TPSA) is 15.3 Å². The summed E-state index contributed by atoms with van der Waals surface area (Å²) in [5, 5.41) is 7.97. The zero-order valence-corrected chi connectivity index (χ0v) is 10.4. The maximum atomic E-state index is 3.54. The van der Waals surface area contributed by atoms with Gasteiger partial charge in [-0.1, -0.05) is 6.92 Å². The van der Waals surface area contributed by atoms with E-state index in [2.05, 4.69) is 40.9 Å². The number of thiophene rings is 1. The Balaban J connectivity index is 1.90. The molecule has 0 aliphatic carbocycles. The van der Waals surface area contributed by atoms with E-state index in [1.165, 1.54) is 25.1 Å². The molecule has 0 aromatic carbocycles. The van der Waals surface area contributed by atoms with Crippen LogP contribution in [0.5, 0.6) is 0 Å². The van der Waals surface area contributed by atoms with Crippen LogP contribution in [0.25, 0.3) is 0 Å². The molecule has 1 N–H and O–H groups in total. The van der Waals surface area contributed by atoms with E-state index in [9.17, 15) is 0 Å². The summed E-state index contributed by atoms with van der Waals surface area (Å²) in [5.74, 6) is 0. The third-order valence-electron chi connectivity index (χ3n) is 3.29. The summed E-state index contributed by atoms with van der Waals surface area (Å²) < 4.78 is 0. The summed E-state index contributed by atoms with van der Waals surface area (Å²) in [4.78, 5) is 2.58. The summed E-state index contributed by atoms with van der Waals surface area (Å²) in [6.45, 7) is 8.02. The molecule has 0 amide bonds. The van der Waals surface area contributed by atoms with Crippen LogP contribution in [0.3, 0.4) is 0 Å². The van der Waals surface area contributed by atoms with E-state index in [1.54, 1.807) is 11.3 Å². The number of hydrogen-bond acceptors (Lipinski definition) is 3. The van der Waals surface area contributed by atoms with Crippen molar-refractivity contribution in [3.63, 3.8) is 0 Å². The van der Waals surface area contributed by atoms with E-state index in [1.807, 2.05) is 0 Å². The van der Waals surface area contributed by atoms with Crippen LogP contribution < -0.4 is 5.32 Å². The van der Waals surface area contributed by atoms with Gasteiger partial charge in [0.25, 0.3) is 0 Å². The second-order valence-corrected chi connectivity index (χ2v) is 5.05. The third kappa shape index (κ3) is 2.60. The predicted octanol–water partition coefficient (Wildman–Crippen LogP) is 2.49. The number of hydrogen-bond donors (Lipinski definition) is 1. The molecule has 3 heteroatoms. The third-order valence-corrected chi connectivity index (χ3v) is 3.99. The Labute approximate surface area is 96.3 Å². The van der Waals surface area contributed by atoms with Gasteiger partial charge < -0.3 is 5.32 Å². The molecule has 1 saturated heterocycles. The van der Waals surface area contributed by atoms with Crippen LogP contribution in [-0.4, -0.2) is 30.6 Å². The molecule has 2 heterocycles. The van der Waals surface area contributed by atoms with Gasteiger partial charge in [-0.05, 0) is 42.3 Å². The van der Waals surface area contributed by atoms with Crippen LogP contribution in [0.2, 0.25) is 0 Å². The van der Waals surface area contributed by atoms with Crippen molar-refractivity contribution in [1.29, 1.82) is 0 Å². The van der Waals surface area contributed by atoms with Gasteiger partial charge in [0.2, 0.25) is 0 Å². The smallest absolute Gasteiger partial charge is 0.0328 e. The number of likely N-dealkylation sites (N-methyl/N-ethyl adjacent to an activating group) is 1. The van der Waals surface area contributed by atoms with E-state index in [4.69, 9.17) is 0 Å². The minimum Gasteiger partial charge on any atom is -0.313 e. The maximum absolute atomic E-state index is 3.54. The highest BCUT2D eigenvalue weighted by atomic mass is 32.1. The molecule has 15 heavy (non-hydrogen) atoms. The van der Waals surface area contributed by atoms with E-state index >= 15 is 0 Å². The van der Waals surface area contributed by atoms with Crippen molar-refractivity contribution in [1.82, 2.24) is 10.2 Å². The predicted molar refractivity (Wildman–Crippen MR) is 66.4 cm³/mol. The number of nitrogens with one attached hydrogen (secondary N) is 1. The zero-order valence-electron chi connectivity index (χ0n) is 9.57. The van der Waals surface area contributed by atoms with E-state index < -0.39 is 0 Å². The van der Waals surface area contributed by atoms with Crippen LogP contribution in [0.1, 0.15) is 31.9 Å². The molecule has 2 atom stereocenters. The first-order valence-electron chi connectivity index (χ1n) is 5.80. The van der Waals surface area contributed by atoms with Crippen LogP contribution in [0.4, 0.5) is 0 Å². The van der Waals surface area contributed by atoms with E-state index in [0.29, 0.717) is 12.1 Å². The number of nitrogens with zero attached hydrogens (tertiary/aromatic N) is 1. The molecule has 1 fully saturated rings. The quantitative estimate of drug-likeness (QED) is 0.845. The second kappa shape index (κ2) is 5.10. The molecule has 2 unspecified atom stereocenters. The molecule has 0 spiro atoms. The lowest BCUT2D eigenvalue weighted by Gasteiger charge is -2.23. The van der Waals surface area contributed by atoms with Gasteiger partial charge in [0.1, 0.15) is 0 Å². The van der Waals surface area contributed by atoms with Crippen molar-refractivity contribution < 1.29 is 0 Å². The molecule has 84 valence electrons. The van der Waals surface area contributed by atoms with Gasteiger partial charge in [0.15, 0.2) is 0 Å².